The van der Waals surface area contributed by atoms with Gasteiger partial charge in [-0.1, -0.05) is 29.8 Å². The number of hydrogen-bond donors (Lipinski definition) is 2. The monoisotopic (exact) mass is 286 g/mol. The first-order valence-electron chi connectivity index (χ1n) is 6.05. The molecule has 0 aliphatic rings. The summed E-state index contributed by atoms with van der Waals surface area (Å²) in [5, 5.41) is 4.11. The summed E-state index contributed by atoms with van der Waals surface area (Å²) in [6, 6.07) is 9.02. The van der Waals surface area contributed by atoms with Crippen molar-refractivity contribution in [3.05, 3.63) is 59.3 Å². The van der Waals surface area contributed by atoms with E-state index in [1.807, 2.05) is 24.3 Å². The molecule has 5 nitrogen and oxygen atoms in total. The molecule has 2 aromatic heterocycles. The molecule has 1 aromatic carbocycles. The molecule has 2 heterocycles. The average molecular weight is 287 g/mol. The van der Waals surface area contributed by atoms with Crippen LogP contribution in [0.3, 0.4) is 0 Å². The number of aromatic nitrogens is 3. The van der Waals surface area contributed by atoms with E-state index in [9.17, 15) is 4.79 Å². The average Bonchev–Trinajstić information content (AvgIpc) is 2.98. The molecule has 0 fully saturated rings. The highest BCUT2D eigenvalue weighted by Crippen LogP contribution is 2.22. The fourth-order valence-electron chi connectivity index (χ4n) is 1.90. The number of H-pyrrole nitrogens is 1. The summed E-state index contributed by atoms with van der Waals surface area (Å²) in [5.74, 6) is -0.271. The van der Waals surface area contributed by atoms with Crippen molar-refractivity contribution in [2.24, 2.45) is 0 Å². The predicted molar refractivity (Wildman–Crippen MR) is 76.5 cm³/mol. The van der Waals surface area contributed by atoms with Gasteiger partial charge in [0.25, 0.3) is 5.91 Å². The maximum Gasteiger partial charge on any atom is 0.270 e. The van der Waals surface area contributed by atoms with E-state index in [1.165, 1.54) is 0 Å². The van der Waals surface area contributed by atoms with Crippen LogP contribution in [0, 0.1) is 0 Å². The number of pyridine rings is 1. The van der Waals surface area contributed by atoms with Gasteiger partial charge in [-0.2, -0.15) is 0 Å². The maximum atomic E-state index is 12.1. The van der Waals surface area contributed by atoms with Gasteiger partial charge in [-0.3, -0.25) is 4.79 Å². The molecular formula is C14H11ClN4O. The maximum absolute atomic E-state index is 12.1. The Kier molecular flexibility index (Phi) is 3.35. The largest absolute Gasteiger partial charge is 0.347 e. The van der Waals surface area contributed by atoms with Crippen molar-refractivity contribution in [1.29, 1.82) is 0 Å². The van der Waals surface area contributed by atoms with Gasteiger partial charge in [0.1, 0.15) is 5.69 Å². The number of halogens is 1. The van der Waals surface area contributed by atoms with Gasteiger partial charge in [0.05, 0.1) is 29.1 Å². The molecule has 0 saturated heterocycles. The molecule has 0 radical (unpaired) electrons. The Morgan fingerprint density at radius 1 is 1.35 bits per heavy atom. The van der Waals surface area contributed by atoms with Crippen LogP contribution in [-0.4, -0.2) is 20.9 Å². The second-order valence-electron chi connectivity index (χ2n) is 4.27. The minimum absolute atomic E-state index is 0.271. The molecule has 100 valence electrons. The van der Waals surface area contributed by atoms with E-state index in [0.29, 0.717) is 22.8 Å². The van der Waals surface area contributed by atoms with Gasteiger partial charge in [0.2, 0.25) is 0 Å². The summed E-state index contributed by atoms with van der Waals surface area (Å²) in [6.07, 6.45) is 3.22. The fraction of sp³-hybridized carbons (Fsp3) is 0.0714. The lowest BCUT2D eigenvalue weighted by molar-refractivity contribution is 0.0946. The molecule has 0 saturated carbocycles. The highest BCUT2D eigenvalue weighted by molar-refractivity contribution is 6.35. The van der Waals surface area contributed by atoms with Crippen molar-refractivity contribution in [3.63, 3.8) is 0 Å². The van der Waals surface area contributed by atoms with E-state index >= 15 is 0 Å². The van der Waals surface area contributed by atoms with Crippen LogP contribution < -0.4 is 5.32 Å². The molecule has 20 heavy (non-hydrogen) atoms. The summed E-state index contributed by atoms with van der Waals surface area (Å²) < 4.78 is 0. The van der Waals surface area contributed by atoms with Crippen molar-refractivity contribution in [3.8, 4) is 0 Å². The summed E-state index contributed by atoms with van der Waals surface area (Å²) in [5.41, 5.74) is 1.82. The van der Waals surface area contributed by atoms with E-state index in [-0.39, 0.29) is 5.91 Å². The Bertz CT molecular complexity index is 755. The molecule has 2 N–H and O–H groups in total. The van der Waals surface area contributed by atoms with Gasteiger partial charge in [-0.05, 0) is 12.1 Å². The van der Waals surface area contributed by atoms with Crippen LogP contribution in [0.15, 0.2) is 42.9 Å². The van der Waals surface area contributed by atoms with Crippen LogP contribution in [0.1, 0.15) is 16.2 Å². The first-order chi connectivity index (χ1) is 9.74. The quantitative estimate of drug-likeness (QED) is 0.777. The van der Waals surface area contributed by atoms with Gasteiger partial charge in [0.15, 0.2) is 0 Å². The minimum atomic E-state index is -0.271. The number of imidazole rings is 1. The summed E-state index contributed by atoms with van der Waals surface area (Å²) >= 11 is 6.17. The Balaban J connectivity index is 1.84. The number of carbonyl (C=O) groups excluding carboxylic acids is 1. The molecule has 0 spiro atoms. The van der Waals surface area contributed by atoms with Crippen LogP contribution in [0.4, 0.5) is 0 Å². The van der Waals surface area contributed by atoms with Crippen molar-refractivity contribution in [2.75, 3.05) is 0 Å². The molecule has 0 unspecified atom stereocenters. The summed E-state index contributed by atoms with van der Waals surface area (Å²) in [4.78, 5) is 23.2. The predicted octanol–water partition coefficient (Wildman–Crippen LogP) is 2.54. The number of amides is 1. The third-order valence-electron chi connectivity index (χ3n) is 2.89. The number of hydrogen-bond acceptors (Lipinski definition) is 3. The van der Waals surface area contributed by atoms with E-state index in [0.717, 1.165) is 11.1 Å². The van der Waals surface area contributed by atoms with E-state index in [2.05, 4.69) is 20.3 Å². The second kappa shape index (κ2) is 5.30. The minimum Gasteiger partial charge on any atom is -0.347 e. The highest BCUT2D eigenvalue weighted by Gasteiger charge is 2.11. The standard InChI is InChI=1S/C14H11ClN4O/c15-11-5-13(19-12-4-2-1-3-10(11)12)14(20)17-7-9-6-16-8-18-9/h1-6,8H,7H2,(H,16,18)(H,17,20). The van der Waals surface area contributed by atoms with Gasteiger partial charge in [0, 0.05) is 11.6 Å². The van der Waals surface area contributed by atoms with Crippen molar-refractivity contribution >= 4 is 28.4 Å². The van der Waals surface area contributed by atoms with Gasteiger partial charge < -0.3 is 10.3 Å². The summed E-state index contributed by atoms with van der Waals surface area (Å²) in [6.45, 7) is 0.366. The van der Waals surface area contributed by atoms with Crippen LogP contribution in [0.2, 0.25) is 5.02 Å². The topological polar surface area (TPSA) is 70.7 Å². The van der Waals surface area contributed by atoms with Crippen molar-refractivity contribution < 1.29 is 4.79 Å². The third kappa shape index (κ3) is 2.48. The molecule has 3 rings (SSSR count). The van der Waals surface area contributed by atoms with Crippen LogP contribution >= 0.6 is 11.6 Å². The molecular weight excluding hydrogens is 276 g/mol. The number of rotatable bonds is 3. The lowest BCUT2D eigenvalue weighted by Crippen LogP contribution is -2.24. The number of fused-ring (bicyclic) bond motifs is 1. The lowest BCUT2D eigenvalue weighted by atomic mass is 10.2. The molecule has 0 bridgehead atoms. The van der Waals surface area contributed by atoms with Crippen molar-refractivity contribution in [2.45, 2.75) is 6.54 Å². The highest BCUT2D eigenvalue weighted by atomic mass is 35.5. The Labute approximate surface area is 120 Å². The zero-order chi connectivity index (χ0) is 13.9. The molecule has 0 atom stereocenters. The normalized spacial score (nSPS) is 10.7. The second-order valence-corrected chi connectivity index (χ2v) is 4.67. The van der Waals surface area contributed by atoms with Crippen LogP contribution in [0.5, 0.6) is 0 Å². The number of para-hydroxylation sites is 1. The SMILES string of the molecule is O=C(NCc1cnc[nH]1)c1cc(Cl)c2ccccc2n1. The van der Waals surface area contributed by atoms with E-state index in [4.69, 9.17) is 11.6 Å². The number of carbonyl (C=O) groups is 1. The molecule has 0 aliphatic carbocycles. The van der Waals surface area contributed by atoms with Crippen LogP contribution in [-0.2, 0) is 6.54 Å². The van der Waals surface area contributed by atoms with Crippen LogP contribution in [0.25, 0.3) is 10.9 Å². The smallest absolute Gasteiger partial charge is 0.270 e. The first kappa shape index (κ1) is 12.6. The zero-order valence-corrected chi connectivity index (χ0v) is 11.2. The van der Waals surface area contributed by atoms with E-state index in [1.54, 1.807) is 18.6 Å². The fourth-order valence-corrected chi connectivity index (χ4v) is 2.16. The van der Waals surface area contributed by atoms with E-state index < -0.39 is 0 Å². The number of benzene rings is 1. The first-order valence-corrected chi connectivity index (χ1v) is 6.42. The lowest BCUT2D eigenvalue weighted by Gasteiger charge is -2.06. The van der Waals surface area contributed by atoms with Gasteiger partial charge >= 0.3 is 0 Å². The number of nitrogens with zero attached hydrogens (tertiary/aromatic N) is 2. The third-order valence-corrected chi connectivity index (χ3v) is 3.21. The molecule has 3 aromatic rings. The zero-order valence-electron chi connectivity index (χ0n) is 10.4. The molecule has 1 amide bonds. The number of aromatic amines is 1. The van der Waals surface area contributed by atoms with Gasteiger partial charge in [-0.25, -0.2) is 9.97 Å². The summed E-state index contributed by atoms with van der Waals surface area (Å²) in [7, 11) is 0. The Morgan fingerprint density at radius 3 is 3.00 bits per heavy atom. The van der Waals surface area contributed by atoms with Crippen molar-refractivity contribution in [1.82, 2.24) is 20.3 Å². The molecule has 0 aliphatic heterocycles. The van der Waals surface area contributed by atoms with Gasteiger partial charge in [-0.15, -0.1) is 0 Å². The Hall–Kier alpha value is -2.40. The number of nitrogens with one attached hydrogen (secondary N) is 2. The Morgan fingerprint density at radius 2 is 2.20 bits per heavy atom. The molecule has 6 heteroatoms.